The number of pyridine rings is 1. The number of likely N-dealkylation sites (N-methyl/N-ethyl adjacent to an activating group) is 1. The van der Waals surface area contributed by atoms with Gasteiger partial charge in [0.25, 0.3) is 0 Å². The van der Waals surface area contributed by atoms with Gasteiger partial charge in [0.15, 0.2) is 11.6 Å². The summed E-state index contributed by atoms with van der Waals surface area (Å²) in [6, 6.07) is 5.58. The third kappa shape index (κ3) is 3.66. The predicted octanol–water partition coefficient (Wildman–Crippen LogP) is 4.15. The highest BCUT2D eigenvalue weighted by Gasteiger charge is 2.60. The van der Waals surface area contributed by atoms with Crippen LogP contribution in [0.2, 0.25) is 0 Å². The number of hydrogen-bond acceptors (Lipinski definition) is 6. The highest BCUT2D eigenvalue weighted by atomic mass is 19.3. The van der Waals surface area contributed by atoms with E-state index in [1.54, 1.807) is 6.20 Å². The standard InChI is InChI=1S/C26H34F2N6O/c1-5-13(2)34-20(9-19(31-34)15-6-23(35-26(27)28)25(29)30-10-15)24-17-7-16(8-18(17)24)33-12-21-14(3)22(33)11-32(21)4/h6,9-10,13,16-18,21-22,24,26H,3,5,7-8,11-12H2,1-2,4H3,(H2,29,30). The van der Waals surface area contributed by atoms with Crippen LogP contribution in [0.25, 0.3) is 11.3 Å². The normalized spacial score (nSPS) is 33.0. The first-order chi connectivity index (χ1) is 16.8. The molecule has 0 aromatic carbocycles. The first-order valence-corrected chi connectivity index (χ1v) is 12.7. The van der Waals surface area contributed by atoms with Crippen molar-refractivity contribution in [2.24, 2.45) is 11.8 Å². The number of nitrogen functional groups attached to an aromatic ring is 1. The van der Waals surface area contributed by atoms with E-state index in [0.29, 0.717) is 41.4 Å². The fourth-order valence-electron chi connectivity index (χ4n) is 6.96. The zero-order valence-corrected chi connectivity index (χ0v) is 20.6. The van der Waals surface area contributed by atoms with Crippen LogP contribution in [0.1, 0.15) is 50.8 Å². The Kier molecular flexibility index (Phi) is 5.41. The van der Waals surface area contributed by atoms with Crippen LogP contribution >= 0.6 is 0 Å². The van der Waals surface area contributed by atoms with E-state index >= 15 is 0 Å². The van der Waals surface area contributed by atoms with Crippen LogP contribution in [-0.2, 0) is 0 Å². The summed E-state index contributed by atoms with van der Waals surface area (Å²) in [4.78, 5) is 9.23. The summed E-state index contributed by atoms with van der Waals surface area (Å²) >= 11 is 0. The highest BCUT2D eigenvalue weighted by Crippen LogP contribution is 2.65. The summed E-state index contributed by atoms with van der Waals surface area (Å²) < 4.78 is 32.3. The van der Waals surface area contributed by atoms with Gasteiger partial charge in [0.1, 0.15) is 0 Å². The molecule has 2 saturated heterocycles. The molecule has 4 heterocycles. The molecule has 35 heavy (non-hydrogen) atoms. The Balaban J connectivity index is 1.22. The number of aromatic nitrogens is 3. The molecule has 0 spiro atoms. The molecule has 2 bridgehead atoms. The van der Waals surface area contributed by atoms with Crippen molar-refractivity contribution in [1.29, 1.82) is 0 Å². The van der Waals surface area contributed by atoms with Crippen LogP contribution in [-0.4, -0.2) is 69.4 Å². The summed E-state index contributed by atoms with van der Waals surface area (Å²) in [6.07, 6.45) is 5.00. The molecule has 2 aromatic rings. The average Bonchev–Trinajstić information content (AvgIpc) is 3.27. The van der Waals surface area contributed by atoms with Gasteiger partial charge >= 0.3 is 6.61 Å². The quantitative estimate of drug-likeness (QED) is 0.596. The van der Waals surface area contributed by atoms with E-state index in [4.69, 9.17) is 10.8 Å². The number of rotatable bonds is 7. The number of halogens is 2. The van der Waals surface area contributed by atoms with E-state index in [0.717, 1.165) is 25.2 Å². The highest BCUT2D eigenvalue weighted by molar-refractivity contribution is 5.64. The fraction of sp³-hybridized carbons (Fsp3) is 0.615. The molecule has 2 saturated carbocycles. The summed E-state index contributed by atoms with van der Waals surface area (Å²) in [5.74, 6) is 1.70. The van der Waals surface area contributed by atoms with Gasteiger partial charge in [-0.05, 0) is 62.8 Å². The second-order valence-electron chi connectivity index (χ2n) is 10.9. The summed E-state index contributed by atoms with van der Waals surface area (Å²) in [5.41, 5.74) is 9.75. The number of fused-ring (bicyclic) bond motifs is 3. The Morgan fingerprint density at radius 1 is 1.20 bits per heavy atom. The van der Waals surface area contributed by atoms with Crippen molar-refractivity contribution >= 4 is 5.82 Å². The monoisotopic (exact) mass is 484 g/mol. The van der Waals surface area contributed by atoms with Crippen LogP contribution in [0.15, 0.2) is 30.5 Å². The SMILES string of the molecule is C=C1C2CN(C3CC4C(C3)C4c3cc(-c4cnc(N)c(OC(F)F)c4)nn3C(C)CC)C1CN2C. The van der Waals surface area contributed by atoms with Crippen LogP contribution in [0, 0.1) is 11.8 Å². The van der Waals surface area contributed by atoms with Gasteiger partial charge in [0, 0.05) is 60.6 Å². The van der Waals surface area contributed by atoms with Gasteiger partial charge in [-0.15, -0.1) is 0 Å². The lowest BCUT2D eigenvalue weighted by Crippen LogP contribution is -2.48. The topological polar surface area (TPSA) is 72.4 Å². The minimum Gasteiger partial charge on any atom is -0.431 e. The lowest BCUT2D eigenvalue weighted by molar-refractivity contribution is -0.0494. The van der Waals surface area contributed by atoms with Gasteiger partial charge in [-0.3, -0.25) is 14.5 Å². The Morgan fingerprint density at radius 3 is 2.54 bits per heavy atom. The van der Waals surface area contributed by atoms with Gasteiger partial charge in [-0.1, -0.05) is 13.5 Å². The molecule has 2 aliphatic heterocycles. The molecule has 5 atom stereocenters. The maximum Gasteiger partial charge on any atom is 0.387 e. The maximum absolute atomic E-state index is 12.8. The number of nitrogens with two attached hydrogens (primary N) is 1. The van der Waals surface area contributed by atoms with Crippen molar-refractivity contribution in [3.63, 3.8) is 0 Å². The van der Waals surface area contributed by atoms with Crippen molar-refractivity contribution in [1.82, 2.24) is 24.6 Å². The molecule has 6 rings (SSSR count). The third-order valence-electron chi connectivity index (χ3n) is 9.03. The number of anilines is 1. The third-order valence-corrected chi connectivity index (χ3v) is 9.03. The van der Waals surface area contributed by atoms with Crippen molar-refractivity contribution < 1.29 is 13.5 Å². The second-order valence-corrected chi connectivity index (χ2v) is 10.9. The lowest BCUT2D eigenvalue weighted by atomic mass is 10.0. The number of hydrogen-bond donors (Lipinski definition) is 1. The number of nitrogens with zero attached hydrogens (tertiary/aromatic N) is 5. The van der Waals surface area contributed by atoms with E-state index in [2.05, 4.69) is 57.7 Å². The molecule has 188 valence electrons. The van der Waals surface area contributed by atoms with Gasteiger partial charge in [-0.25, -0.2) is 4.98 Å². The van der Waals surface area contributed by atoms with Crippen molar-refractivity contribution in [3.8, 4) is 17.0 Å². The molecule has 4 aliphatic rings. The minimum absolute atomic E-state index is 0.0529. The molecule has 5 unspecified atom stereocenters. The van der Waals surface area contributed by atoms with E-state index < -0.39 is 6.61 Å². The number of alkyl halides is 2. The number of ether oxygens (including phenoxy) is 1. The molecule has 9 heteroatoms. The second kappa shape index (κ2) is 8.27. The first kappa shape index (κ1) is 22.9. The van der Waals surface area contributed by atoms with Gasteiger partial charge in [-0.2, -0.15) is 13.9 Å². The zero-order valence-electron chi connectivity index (χ0n) is 20.6. The molecular weight excluding hydrogens is 450 g/mol. The van der Waals surface area contributed by atoms with Crippen LogP contribution in [0.3, 0.4) is 0 Å². The number of piperazine rings is 1. The Bertz CT molecular complexity index is 1140. The van der Waals surface area contributed by atoms with Crippen molar-refractivity contribution in [3.05, 3.63) is 36.2 Å². The average molecular weight is 485 g/mol. The molecule has 7 nitrogen and oxygen atoms in total. The molecule has 4 fully saturated rings. The molecule has 0 amide bonds. The van der Waals surface area contributed by atoms with Crippen LogP contribution in [0.5, 0.6) is 5.75 Å². The summed E-state index contributed by atoms with van der Waals surface area (Å²) in [5, 5.41) is 4.90. The Labute approximate surface area is 204 Å². The number of likely N-dealkylation sites (tertiary alicyclic amines) is 2. The summed E-state index contributed by atoms with van der Waals surface area (Å²) in [7, 11) is 2.21. The molecule has 2 N–H and O–H groups in total. The van der Waals surface area contributed by atoms with E-state index in [1.807, 2.05) is 0 Å². The molecule has 0 radical (unpaired) electrons. The molecule has 2 aliphatic carbocycles. The van der Waals surface area contributed by atoms with E-state index in [9.17, 15) is 8.78 Å². The lowest BCUT2D eigenvalue weighted by Gasteiger charge is -2.36. The van der Waals surface area contributed by atoms with Crippen LogP contribution in [0.4, 0.5) is 14.6 Å². The van der Waals surface area contributed by atoms with Crippen LogP contribution < -0.4 is 10.5 Å². The first-order valence-electron chi connectivity index (χ1n) is 12.7. The smallest absolute Gasteiger partial charge is 0.387 e. The van der Waals surface area contributed by atoms with Crippen molar-refractivity contribution in [2.45, 2.75) is 69.8 Å². The summed E-state index contributed by atoms with van der Waals surface area (Å²) in [6.45, 7) is 7.99. The van der Waals surface area contributed by atoms with E-state index in [-0.39, 0.29) is 17.6 Å². The zero-order chi connectivity index (χ0) is 24.6. The Hall–Kier alpha value is -2.52. The largest absolute Gasteiger partial charge is 0.431 e. The van der Waals surface area contributed by atoms with Gasteiger partial charge in [0.05, 0.1) is 5.69 Å². The minimum atomic E-state index is -2.95. The van der Waals surface area contributed by atoms with E-state index in [1.165, 1.54) is 30.2 Å². The molecular formula is C26H34F2N6O. The molecule has 2 aromatic heterocycles. The van der Waals surface area contributed by atoms with Gasteiger partial charge in [0.2, 0.25) is 0 Å². The predicted molar refractivity (Wildman–Crippen MR) is 130 cm³/mol. The fourth-order valence-corrected chi connectivity index (χ4v) is 6.96. The maximum atomic E-state index is 12.8. The Morgan fingerprint density at radius 2 is 1.94 bits per heavy atom. The van der Waals surface area contributed by atoms with Gasteiger partial charge < -0.3 is 10.5 Å². The van der Waals surface area contributed by atoms with Crippen molar-refractivity contribution in [2.75, 3.05) is 25.9 Å².